The van der Waals surface area contributed by atoms with E-state index < -0.39 is 5.97 Å². The summed E-state index contributed by atoms with van der Waals surface area (Å²) >= 11 is 1.08. The molecule has 1 heterocycles. The van der Waals surface area contributed by atoms with Crippen LogP contribution in [-0.4, -0.2) is 41.1 Å². The van der Waals surface area contributed by atoms with Crippen LogP contribution in [0.5, 0.6) is 0 Å². The molecule has 0 radical (unpaired) electrons. The van der Waals surface area contributed by atoms with Gasteiger partial charge in [-0.25, -0.2) is 0 Å². The van der Waals surface area contributed by atoms with E-state index in [1.54, 1.807) is 13.0 Å². The summed E-state index contributed by atoms with van der Waals surface area (Å²) in [7, 11) is 0. The molecule has 2 rings (SSSR count). The molecule has 1 aromatic carbocycles. The Morgan fingerprint density at radius 1 is 1.17 bits per heavy atom. The zero-order valence-corrected chi connectivity index (χ0v) is 17.5. The fourth-order valence-electron chi connectivity index (χ4n) is 2.43. The van der Waals surface area contributed by atoms with Crippen LogP contribution in [0.15, 0.2) is 34.9 Å². The second-order valence-electron chi connectivity index (χ2n) is 6.41. The summed E-state index contributed by atoms with van der Waals surface area (Å²) in [5.41, 5.74) is 2.20. The van der Waals surface area contributed by atoms with Crippen LogP contribution < -0.4 is 10.6 Å². The minimum atomic E-state index is -0.560. The molecule has 0 saturated heterocycles. The zero-order chi connectivity index (χ0) is 21.2. The van der Waals surface area contributed by atoms with E-state index in [2.05, 4.69) is 22.7 Å². The van der Waals surface area contributed by atoms with Gasteiger partial charge in [0.25, 0.3) is 5.91 Å². The number of carbonyl (C=O) groups excluding carboxylic acids is 3. The van der Waals surface area contributed by atoms with E-state index in [-0.39, 0.29) is 36.0 Å². The van der Waals surface area contributed by atoms with Crippen LogP contribution in [-0.2, 0) is 25.5 Å². The standard InChI is InChI=1S/C20H25N3O5S/c1-4-15-5-7-16(8-6-15)14(3)21-18(24)10-27-20(26)12-29-11-19(25)22-17-9-13(2)28-23-17/h5-9,14H,4,10-12H2,1-3H3,(H,21,24)(H,22,23,25). The number of aryl methyl sites for hydroxylation is 2. The Labute approximate surface area is 173 Å². The Kier molecular flexibility index (Phi) is 8.72. The molecule has 2 aromatic rings. The molecule has 0 spiro atoms. The van der Waals surface area contributed by atoms with Gasteiger partial charge in [-0.3, -0.25) is 14.4 Å². The minimum Gasteiger partial charge on any atom is -0.455 e. The third-order valence-electron chi connectivity index (χ3n) is 3.98. The number of esters is 1. The fourth-order valence-corrected chi connectivity index (χ4v) is 3.04. The van der Waals surface area contributed by atoms with Crippen molar-refractivity contribution in [2.75, 3.05) is 23.4 Å². The average molecular weight is 420 g/mol. The quantitative estimate of drug-likeness (QED) is 0.570. The first-order chi connectivity index (χ1) is 13.9. The first kappa shape index (κ1) is 22.5. The number of aromatic nitrogens is 1. The largest absolute Gasteiger partial charge is 0.455 e. The van der Waals surface area contributed by atoms with Gasteiger partial charge in [-0.2, -0.15) is 0 Å². The van der Waals surface area contributed by atoms with Crippen molar-refractivity contribution in [3.8, 4) is 0 Å². The second kappa shape index (κ2) is 11.3. The lowest BCUT2D eigenvalue weighted by Gasteiger charge is -2.15. The van der Waals surface area contributed by atoms with Crippen LogP contribution in [0.25, 0.3) is 0 Å². The fraction of sp³-hybridized carbons (Fsp3) is 0.400. The predicted molar refractivity (Wildman–Crippen MR) is 111 cm³/mol. The first-order valence-corrected chi connectivity index (χ1v) is 10.4. The van der Waals surface area contributed by atoms with Gasteiger partial charge in [0, 0.05) is 6.07 Å². The Bertz CT molecular complexity index is 835. The summed E-state index contributed by atoms with van der Waals surface area (Å²) in [5.74, 6) is -0.320. The molecular formula is C20H25N3O5S. The highest BCUT2D eigenvalue weighted by Gasteiger charge is 2.13. The number of thioether (sulfide) groups is 1. The number of anilines is 1. The molecule has 0 fully saturated rings. The topological polar surface area (TPSA) is 111 Å². The number of benzene rings is 1. The number of carbonyl (C=O) groups is 3. The molecule has 1 unspecified atom stereocenters. The molecule has 2 N–H and O–H groups in total. The lowest BCUT2D eigenvalue weighted by atomic mass is 10.1. The number of amides is 2. The van der Waals surface area contributed by atoms with Gasteiger partial charge in [0.1, 0.15) is 5.76 Å². The number of hydrogen-bond acceptors (Lipinski definition) is 7. The molecule has 9 heteroatoms. The van der Waals surface area contributed by atoms with Crippen LogP contribution in [0.1, 0.15) is 36.8 Å². The number of nitrogens with zero attached hydrogens (tertiary/aromatic N) is 1. The smallest absolute Gasteiger partial charge is 0.316 e. The van der Waals surface area contributed by atoms with Crippen LogP contribution in [0.2, 0.25) is 0 Å². The van der Waals surface area contributed by atoms with Gasteiger partial charge in [-0.05, 0) is 31.4 Å². The van der Waals surface area contributed by atoms with E-state index in [1.807, 2.05) is 31.2 Å². The van der Waals surface area contributed by atoms with Crippen molar-refractivity contribution in [2.45, 2.75) is 33.2 Å². The molecule has 0 saturated carbocycles. The highest BCUT2D eigenvalue weighted by molar-refractivity contribution is 8.00. The monoisotopic (exact) mass is 419 g/mol. The molecular weight excluding hydrogens is 394 g/mol. The van der Waals surface area contributed by atoms with Gasteiger partial charge in [0.15, 0.2) is 12.4 Å². The minimum absolute atomic E-state index is 0.0351. The van der Waals surface area contributed by atoms with Crippen molar-refractivity contribution < 1.29 is 23.6 Å². The SMILES string of the molecule is CCc1ccc(C(C)NC(=O)COC(=O)CSCC(=O)Nc2cc(C)on2)cc1. The van der Waals surface area contributed by atoms with E-state index in [4.69, 9.17) is 9.26 Å². The maximum atomic E-state index is 12.0. The Morgan fingerprint density at radius 2 is 1.90 bits per heavy atom. The van der Waals surface area contributed by atoms with Gasteiger partial charge in [-0.1, -0.05) is 36.3 Å². The second-order valence-corrected chi connectivity index (χ2v) is 7.39. The van der Waals surface area contributed by atoms with Crippen molar-refractivity contribution in [1.29, 1.82) is 0 Å². The molecule has 29 heavy (non-hydrogen) atoms. The number of hydrogen-bond donors (Lipinski definition) is 2. The van der Waals surface area contributed by atoms with Crippen molar-refractivity contribution in [1.82, 2.24) is 10.5 Å². The van der Waals surface area contributed by atoms with E-state index in [0.717, 1.165) is 23.7 Å². The average Bonchev–Trinajstić information content (AvgIpc) is 3.10. The molecule has 8 nitrogen and oxygen atoms in total. The lowest BCUT2D eigenvalue weighted by Crippen LogP contribution is -2.31. The summed E-state index contributed by atoms with van der Waals surface area (Å²) in [6.07, 6.45) is 0.955. The Balaban J connectivity index is 1.62. The summed E-state index contributed by atoms with van der Waals surface area (Å²) < 4.78 is 9.79. The number of ether oxygens (including phenoxy) is 1. The lowest BCUT2D eigenvalue weighted by molar-refractivity contribution is -0.146. The van der Waals surface area contributed by atoms with Gasteiger partial charge in [0.05, 0.1) is 17.5 Å². The van der Waals surface area contributed by atoms with Crippen molar-refractivity contribution >= 4 is 35.4 Å². The van der Waals surface area contributed by atoms with Crippen molar-refractivity contribution in [3.05, 3.63) is 47.2 Å². The molecule has 1 atom stereocenters. The van der Waals surface area contributed by atoms with Gasteiger partial charge < -0.3 is 19.9 Å². The van der Waals surface area contributed by atoms with E-state index >= 15 is 0 Å². The molecule has 1 aromatic heterocycles. The molecule has 0 bridgehead atoms. The van der Waals surface area contributed by atoms with E-state index in [9.17, 15) is 14.4 Å². The zero-order valence-electron chi connectivity index (χ0n) is 16.7. The Hall–Kier alpha value is -2.81. The van der Waals surface area contributed by atoms with Gasteiger partial charge in [0.2, 0.25) is 5.91 Å². The first-order valence-electron chi connectivity index (χ1n) is 9.22. The van der Waals surface area contributed by atoms with Crippen molar-refractivity contribution in [2.24, 2.45) is 0 Å². The Morgan fingerprint density at radius 3 is 2.52 bits per heavy atom. The van der Waals surface area contributed by atoms with Gasteiger partial charge >= 0.3 is 5.97 Å². The van der Waals surface area contributed by atoms with Gasteiger partial charge in [-0.15, -0.1) is 11.8 Å². The highest BCUT2D eigenvalue weighted by atomic mass is 32.2. The van der Waals surface area contributed by atoms with Crippen LogP contribution in [0.3, 0.4) is 0 Å². The normalized spacial score (nSPS) is 11.6. The molecule has 0 aliphatic heterocycles. The van der Waals surface area contributed by atoms with Crippen molar-refractivity contribution in [3.63, 3.8) is 0 Å². The highest BCUT2D eigenvalue weighted by Crippen LogP contribution is 2.13. The molecule has 156 valence electrons. The summed E-state index contributed by atoms with van der Waals surface area (Å²) in [6, 6.07) is 9.39. The predicted octanol–water partition coefficient (Wildman–Crippen LogP) is 2.64. The van der Waals surface area contributed by atoms with Crippen LogP contribution in [0.4, 0.5) is 5.82 Å². The number of rotatable bonds is 10. The van der Waals surface area contributed by atoms with E-state index in [1.165, 1.54) is 5.56 Å². The third kappa shape index (κ3) is 7.98. The summed E-state index contributed by atoms with van der Waals surface area (Å²) in [6.45, 7) is 5.30. The molecule has 0 aliphatic rings. The maximum absolute atomic E-state index is 12.0. The van der Waals surface area contributed by atoms with Crippen LogP contribution in [0, 0.1) is 6.92 Å². The van der Waals surface area contributed by atoms with E-state index in [0.29, 0.717) is 11.6 Å². The van der Waals surface area contributed by atoms with Crippen LogP contribution >= 0.6 is 11.8 Å². The summed E-state index contributed by atoms with van der Waals surface area (Å²) in [5, 5.41) is 8.99. The summed E-state index contributed by atoms with van der Waals surface area (Å²) in [4.78, 5) is 35.4. The maximum Gasteiger partial charge on any atom is 0.316 e. The molecule has 0 aliphatic carbocycles. The number of nitrogens with one attached hydrogen (secondary N) is 2. The third-order valence-corrected chi connectivity index (χ3v) is 4.88. The molecule has 2 amide bonds.